The molecule has 0 aliphatic heterocycles. The highest BCUT2D eigenvalue weighted by atomic mass is 16.6. The second-order valence-electron chi connectivity index (χ2n) is 5.66. The maximum Gasteiger partial charge on any atom is 0.368 e. The van der Waals surface area contributed by atoms with Crippen molar-refractivity contribution < 1.29 is 9.66 Å². The molecule has 1 aromatic carbocycles. The molecule has 3 aromatic rings. The van der Waals surface area contributed by atoms with Crippen LogP contribution in [0.2, 0.25) is 0 Å². The van der Waals surface area contributed by atoms with Gasteiger partial charge in [-0.1, -0.05) is 34.7 Å². The normalized spacial score (nSPS) is 12.1. The maximum absolute atomic E-state index is 11.0. The molecule has 0 fully saturated rings. The van der Waals surface area contributed by atoms with Gasteiger partial charge in [0.1, 0.15) is 18.1 Å². The first kappa shape index (κ1) is 16.7. The number of nitrogens with zero attached hydrogens (tertiary/aromatic N) is 4. The number of aromatic nitrogens is 3. The van der Waals surface area contributed by atoms with Crippen molar-refractivity contribution in [2.45, 2.75) is 26.4 Å². The Kier molecular flexibility index (Phi) is 4.78. The fourth-order valence-electron chi connectivity index (χ4n) is 2.44. The van der Waals surface area contributed by atoms with Gasteiger partial charge in [-0.2, -0.15) is 0 Å². The molecule has 1 N–H and O–H groups in total. The smallest absolute Gasteiger partial charge is 0.368 e. The second-order valence-corrected chi connectivity index (χ2v) is 5.66. The van der Waals surface area contributed by atoms with Crippen LogP contribution in [0.1, 0.15) is 18.9 Å². The third kappa shape index (κ3) is 3.68. The Hall–Kier alpha value is -3.16. The molecule has 0 saturated heterocycles. The Bertz CT molecular complexity index is 893. The van der Waals surface area contributed by atoms with Crippen LogP contribution in [0.3, 0.4) is 0 Å². The summed E-state index contributed by atoms with van der Waals surface area (Å²) in [4.78, 5) is 14.5. The van der Waals surface area contributed by atoms with Crippen LogP contribution >= 0.6 is 0 Å². The molecule has 0 amide bonds. The average Bonchev–Trinajstić information content (AvgIpc) is 3.03. The number of nitrogens with one attached hydrogen (secondary N) is 1. The predicted molar refractivity (Wildman–Crippen MR) is 94.0 cm³/mol. The highest BCUT2D eigenvalue weighted by molar-refractivity contribution is 5.48. The predicted octanol–water partition coefficient (Wildman–Crippen LogP) is 3.22. The molecule has 2 aromatic heterocycles. The minimum Gasteiger partial charge on any atom is -0.488 e. The monoisotopic (exact) mass is 341 g/mol. The van der Waals surface area contributed by atoms with Crippen LogP contribution in [0.25, 0.3) is 5.65 Å². The first-order valence-electron chi connectivity index (χ1n) is 8.04. The Morgan fingerprint density at radius 2 is 2.12 bits per heavy atom. The van der Waals surface area contributed by atoms with Crippen molar-refractivity contribution in [3.63, 3.8) is 0 Å². The van der Waals surface area contributed by atoms with Gasteiger partial charge in [0.05, 0.1) is 6.54 Å². The van der Waals surface area contributed by atoms with Crippen LogP contribution < -0.4 is 10.1 Å². The molecule has 8 heteroatoms. The summed E-state index contributed by atoms with van der Waals surface area (Å²) in [6, 6.07) is 11.3. The van der Waals surface area contributed by atoms with E-state index >= 15 is 0 Å². The number of benzene rings is 1. The Labute approximate surface area is 144 Å². The molecule has 25 heavy (non-hydrogen) atoms. The van der Waals surface area contributed by atoms with Gasteiger partial charge in [0.2, 0.25) is 5.65 Å². The number of aryl methyl sites for hydroxylation is 1. The summed E-state index contributed by atoms with van der Waals surface area (Å²) in [6.07, 6.45) is 1.97. The van der Waals surface area contributed by atoms with E-state index in [0.717, 1.165) is 17.7 Å². The number of imidazole rings is 1. The molecular formula is C17H19N5O3. The summed E-state index contributed by atoms with van der Waals surface area (Å²) in [6.45, 7) is 4.58. The zero-order chi connectivity index (χ0) is 17.8. The lowest BCUT2D eigenvalue weighted by atomic mass is 10.2. The Balaban J connectivity index is 1.71. The molecule has 1 atom stereocenters. The van der Waals surface area contributed by atoms with Crippen molar-refractivity contribution in [3.8, 4) is 5.75 Å². The first-order chi connectivity index (χ1) is 12.1. The number of hydrogen-bond acceptors (Lipinski definition) is 6. The van der Waals surface area contributed by atoms with Gasteiger partial charge >= 0.3 is 5.82 Å². The van der Waals surface area contributed by atoms with Crippen molar-refractivity contribution in [2.75, 3.05) is 11.9 Å². The second kappa shape index (κ2) is 7.16. The third-order valence-electron chi connectivity index (χ3n) is 3.88. The van der Waals surface area contributed by atoms with Crippen LogP contribution in [0.4, 0.5) is 11.6 Å². The van der Waals surface area contributed by atoms with Crippen LogP contribution in [-0.2, 0) is 0 Å². The maximum atomic E-state index is 11.0. The molecule has 8 nitrogen and oxygen atoms in total. The Morgan fingerprint density at radius 3 is 2.84 bits per heavy atom. The lowest BCUT2D eigenvalue weighted by molar-refractivity contribution is -0.391. The van der Waals surface area contributed by atoms with Crippen molar-refractivity contribution in [1.29, 1.82) is 0 Å². The van der Waals surface area contributed by atoms with E-state index in [9.17, 15) is 10.1 Å². The number of rotatable bonds is 7. The summed E-state index contributed by atoms with van der Waals surface area (Å²) in [5.74, 6) is 1.21. The van der Waals surface area contributed by atoms with E-state index in [1.807, 2.05) is 38.1 Å². The summed E-state index contributed by atoms with van der Waals surface area (Å²) in [7, 11) is 0. The molecule has 130 valence electrons. The van der Waals surface area contributed by atoms with Crippen LogP contribution in [-0.4, -0.2) is 32.2 Å². The number of para-hydroxylation sites is 1. The fraction of sp³-hybridized carbons (Fsp3) is 0.294. The van der Waals surface area contributed by atoms with E-state index in [0.29, 0.717) is 18.0 Å². The quantitative estimate of drug-likeness (QED) is 0.524. The molecular weight excluding hydrogens is 322 g/mol. The van der Waals surface area contributed by atoms with Crippen LogP contribution in [0.15, 0.2) is 42.6 Å². The van der Waals surface area contributed by atoms with Gasteiger partial charge in [0.25, 0.3) is 0 Å². The van der Waals surface area contributed by atoms with Gasteiger partial charge in [0.15, 0.2) is 5.82 Å². The van der Waals surface area contributed by atoms with Crippen molar-refractivity contribution in [3.05, 3.63) is 58.3 Å². The van der Waals surface area contributed by atoms with Gasteiger partial charge in [-0.05, 0) is 36.0 Å². The van der Waals surface area contributed by atoms with Crippen molar-refractivity contribution >= 4 is 17.3 Å². The van der Waals surface area contributed by atoms with Gasteiger partial charge < -0.3 is 20.2 Å². The number of fused-ring (bicyclic) bond motifs is 1. The molecule has 1 unspecified atom stereocenters. The number of anilines is 1. The van der Waals surface area contributed by atoms with Gasteiger partial charge in [-0.3, -0.25) is 0 Å². The highest BCUT2D eigenvalue weighted by Crippen LogP contribution is 2.19. The standard InChI is InChI=1S/C17H19N5O3/c1-3-13(25-14-7-5-4-6-12(14)2)10-18-15-8-9-16-19-11-17(22(23)24)21(16)20-15/h4-9,11,13H,3,10H2,1-2H3,(H,18,20). The summed E-state index contributed by atoms with van der Waals surface area (Å²) in [5.41, 5.74) is 1.51. The van der Waals surface area contributed by atoms with E-state index in [1.165, 1.54) is 10.7 Å². The van der Waals surface area contributed by atoms with E-state index in [2.05, 4.69) is 15.4 Å². The topological polar surface area (TPSA) is 94.6 Å². The molecule has 0 aliphatic carbocycles. The highest BCUT2D eigenvalue weighted by Gasteiger charge is 2.16. The summed E-state index contributed by atoms with van der Waals surface area (Å²) in [5, 5.41) is 18.4. The summed E-state index contributed by atoms with van der Waals surface area (Å²) < 4.78 is 7.25. The SMILES string of the molecule is CCC(CNc1ccc2ncc([N+](=O)[O-])n2n1)Oc1ccccc1C. The van der Waals surface area contributed by atoms with Gasteiger partial charge in [-0.25, -0.2) is 4.98 Å². The zero-order valence-electron chi connectivity index (χ0n) is 14.0. The molecule has 0 spiro atoms. The minimum absolute atomic E-state index is 0.0450. The number of ether oxygens (including phenoxy) is 1. The van der Waals surface area contributed by atoms with Gasteiger partial charge in [-0.15, -0.1) is 0 Å². The first-order valence-corrected chi connectivity index (χ1v) is 8.04. The largest absolute Gasteiger partial charge is 0.488 e. The van der Waals surface area contributed by atoms with Gasteiger partial charge in [0, 0.05) is 6.07 Å². The van der Waals surface area contributed by atoms with E-state index in [1.54, 1.807) is 12.1 Å². The van der Waals surface area contributed by atoms with E-state index < -0.39 is 4.92 Å². The fourth-order valence-corrected chi connectivity index (χ4v) is 2.44. The number of hydrogen-bond donors (Lipinski definition) is 1. The number of nitro groups is 1. The van der Waals surface area contributed by atoms with E-state index in [-0.39, 0.29) is 11.9 Å². The minimum atomic E-state index is -0.507. The van der Waals surface area contributed by atoms with Crippen molar-refractivity contribution in [2.24, 2.45) is 0 Å². The van der Waals surface area contributed by atoms with Crippen LogP contribution in [0, 0.1) is 17.0 Å². The van der Waals surface area contributed by atoms with Crippen molar-refractivity contribution in [1.82, 2.24) is 14.6 Å². The molecule has 0 saturated carbocycles. The summed E-state index contributed by atoms with van der Waals surface area (Å²) >= 11 is 0. The Morgan fingerprint density at radius 1 is 1.32 bits per heavy atom. The molecule has 2 heterocycles. The third-order valence-corrected chi connectivity index (χ3v) is 3.88. The lowest BCUT2D eigenvalue weighted by Crippen LogP contribution is -2.26. The van der Waals surface area contributed by atoms with Crippen LogP contribution in [0.5, 0.6) is 5.75 Å². The zero-order valence-corrected chi connectivity index (χ0v) is 14.0. The molecule has 0 bridgehead atoms. The lowest BCUT2D eigenvalue weighted by Gasteiger charge is -2.19. The average molecular weight is 341 g/mol. The molecule has 3 rings (SSSR count). The molecule has 0 radical (unpaired) electrons. The van der Waals surface area contributed by atoms with E-state index in [4.69, 9.17) is 4.74 Å². The molecule has 0 aliphatic rings.